The number of ether oxygens (including phenoxy) is 2. The maximum atomic E-state index is 12.0. The summed E-state index contributed by atoms with van der Waals surface area (Å²) in [4.78, 5) is 18.5. The molecule has 0 atom stereocenters. The number of pyridine rings is 1. The SMILES string of the molecule is COc1ccc2nc(Nc3ccc(N4CCOCC4=O)cc3)c3n[nH]cc3c2c1. The van der Waals surface area contributed by atoms with Crippen molar-refractivity contribution in [2.45, 2.75) is 0 Å². The Morgan fingerprint density at radius 3 is 2.83 bits per heavy atom. The third-order valence-electron chi connectivity index (χ3n) is 5.02. The van der Waals surface area contributed by atoms with Gasteiger partial charge in [0.15, 0.2) is 5.82 Å². The van der Waals surface area contributed by atoms with Gasteiger partial charge < -0.3 is 19.7 Å². The van der Waals surface area contributed by atoms with Crippen molar-refractivity contribution in [2.75, 3.05) is 37.1 Å². The number of H-pyrrole nitrogens is 1. The molecule has 2 N–H and O–H groups in total. The van der Waals surface area contributed by atoms with E-state index in [0.29, 0.717) is 19.0 Å². The lowest BCUT2D eigenvalue weighted by molar-refractivity contribution is -0.125. The van der Waals surface area contributed by atoms with Crippen LogP contribution < -0.4 is 15.0 Å². The summed E-state index contributed by atoms with van der Waals surface area (Å²) < 4.78 is 10.5. The van der Waals surface area contributed by atoms with Crippen LogP contribution in [0.5, 0.6) is 5.75 Å². The average molecular weight is 389 g/mol. The van der Waals surface area contributed by atoms with Gasteiger partial charge in [0.2, 0.25) is 0 Å². The van der Waals surface area contributed by atoms with E-state index in [0.717, 1.165) is 38.9 Å². The number of anilines is 3. The number of aromatic amines is 1. The maximum Gasteiger partial charge on any atom is 0.253 e. The molecule has 8 nitrogen and oxygen atoms in total. The normalized spacial score (nSPS) is 14.5. The molecule has 1 saturated heterocycles. The molecule has 2 aromatic heterocycles. The summed E-state index contributed by atoms with van der Waals surface area (Å²) in [7, 11) is 1.64. The molecule has 3 heterocycles. The Kier molecular flexibility index (Phi) is 4.25. The van der Waals surface area contributed by atoms with E-state index in [4.69, 9.17) is 14.5 Å². The van der Waals surface area contributed by atoms with E-state index in [1.165, 1.54) is 0 Å². The highest BCUT2D eigenvalue weighted by Crippen LogP contribution is 2.32. The van der Waals surface area contributed by atoms with Gasteiger partial charge in [-0.3, -0.25) is 9.89 Å². The van der Waals surface area contributed by atoms with Crippen LogP contribution in [-0.2, 0) is 9.53 Å². The molecular formula is C21H19N5O3. The van der Waals surface area contributed by atoms with Crippen molar-refractivity contribution in [2.24, 2.45) is 0 Å². The summed E-state index contributed by atoms with van der Waals surface area (Å²) >= 11 is 0. The molecule has 5 rings (SSSR count). The van der Waals surface area contributed by atoms with Gasteiger partial charge in [0.05, 0.1) is 19.2 Å². The number of nitrogens with one attached hydrogen (secondary N) is 2. The Morgan fingerprint density at radius 1 is 1.17 bits per heavy atom. The largest absolute Gasteiger partial charge is 0.497 e. The zero-order chi connectivity index (χ0) is 19.8. The average Bonchev–Trinajstić information content (AvgIpc) is 3.25. The fourth-order valence-electron chi connectivity index (χ4n) is 3.54. The van der Waals surface area contributed by atoms with Crippen molar-refractivity contribution in [3.8, 4) is 5.75 Å². The van der Waals surface area contributed by atoms with E-state index in [1.54, 1.807) is 12.0 Å². The molecule has 0 aliphatic carbocycles. The Labute approximate surface area is 166 Å². The number of benzene rings is 2. The van der Waals surface area contributed by atoms with Crippen LogP contribution in [-0.4, -0.2) is 48.0 Å². The first kappa shape index (κ1) is 17.4. The van der Waals surface area contributed by atoms with Gasteiger partial charge in [0.1, 0.15) is 17.9 Å². The van der Waals surface area contributed by atoms with Crippen molar-refractivity contribution < 1.29 is 14.3 Å². The van der Waals surface area contributed by atoms with Crippen LogP contribution in [0.2, 0.25) is 0 Å². The molecule has 1 aliphatic heterocycles. The molecule has 4 aromatic rings. The topological polar surface area (TPSA) is 92.4 Å². The molecule has 0 unspecified atom stereocenters. The molecule has 0 radical (unpaired) electrons. The Morgan fingerprint density at radius 2 is 2.03 bits per heavy atom. The van der Waals surface area contributed by atoms with Crippen LogP contribution in [0.4, 0.5) is 17.2 Å². The fraction of sp³-hybridized carbons (Fsp3) is 0.190. The lowest BCUT2D eigenvalue weighted by Gasteiger charge is -2.26. The van der Waals surface area contributed by atoms with Crippen molar-refractivity contribution >= 4 is 44.9 Å². The van der Waals surface area contributed by atoms with E-state index in [2.05, 4.69) is 15.5 Å². The van der Waals surface area contributed by atoms with E-state index in [1.807, 2.05) is 48.7 Å². The second kappa shape index (κ2) is 7.06. The third-order valence-corrected chi connectivity index (χ3v) is 5.02. The van der Waals surface area contributed by atoms with Gasteiger partial charge in [-0.25, -0.2) is 4.98 Å². The Bertz CT molecular complexity index is 1200. The first-order valence-electron chi connectivity index (χ1n) is 9.29. The molecule has 8 heteroatoms. The minimum absolute atomic E-state index is 0.0261. The van der Waals surface area contributed by atoms with Gasteiger partial charge in [0.25, 0.3) is 5.91 Å². The second-order valence-corrected chi connectivity index (χ2v) is 6.76. The summed E-state index contributed by atoms with van der Waals surface area (Å²) in [5, 5.41) is 12.6. The van der Waals surface area contributed by atoms with Crippen molar-refractivity contribution in [1.29, 1.82) is 0 Å². The second-order valence-electron chi connectivity index (χ2n) is 6.76. The zero-order valence-electron chi connectivity index (χ0n) is 15.8. The van der Waals surface area contributed by atoms with Crippen molar-refractivity contribution in [1.82, 2.24) is 15.2 Å². The minimum Gasteiger partial charge on any atom is -0.497 e. The number of rotatable bonds is 4. The fourth-order valence-corrected chi connectivity index (χ4v) is 3.54. The monoisotopic (exact) mass is 389 g/mol. The number of amides is 1. The number of hydrogen-bond donors (Lipinski definition) is 2. The highest BCUT2D eigenvalue weighted by atomic mass is 16.5. The van der Waals surface area contributed by atoms with Crippen LogP contribution >= 0.6 is 0 Å². The van der Waals surface area contributed by atoms with Gasteiger partial charge in [-0.1, -0.05) is 0 Å². The molecule has 1 amide bonds. The van der Waals surface area contributed by atoms with Gasteiger partial charge in [0, 0.05) is 34.9 Å². The molecule has 1 fully saturated rings. The van der Waals surface area contributed by atoms with Gasteiger partial charge in [-0.2, -0.15) is 5.10 Å². The summed E-state index contributed by atoms with van der Waals surface area (Å²) in [6, 6.07) is 13.5. The molecular weight excluding hydrogens is 370 g/mol. The predicted octanol–water partition coefficient (Wildman–Crippen LogP) is 3.23. The number of carbonyl (C=O) groups excluding carboxylic acids is 1. The summed E-state index contributed by atoms with van der Waals surface area (Å²) in [5.74, 6) is 1.41. The van der Waals surface area contributed by atoms with Crippen molar-refractivity contribution in [3.05, 3.63) is 48.7 Å². The van der Waals surface area contributed by atoms with E-state index in [-0.39, 0.29) is 12.5 Å². The molecule has 1 aliphatic rings. The number of morpholine rings is 1. The van der Waals surface area contributed by atoms with E-state index < -0.39 is 0 Å². The lowest BCUT2D eigenvalue weighted by atomic mass is 10.1. The van der Waals surface area contributed by atoms with Crippen LogP contribution in [0.1, 0.15) is 0 Å². The highest BCUT2D eigenvalue weighted by molar-refractivity contribution is 6.09. The van der Waals surface area contributed by atoms with Crippen LogP contribution in [0, 0.1) is 0 Å². The van der Waals surface area contributed by atoms with Gasteiger partial charge >= 0.3 is 0 Å². The maximum absolute atomic E-state index is 12.0. The first-order chi connectivity index (χ1) is 14.2. The van der Waals surface area contributed by atoms with Crippen molar-refractivity contribution in [3.63, 3.8) is 0 Å². The number of fused-ring (bicyclic) bond motifs is 3. The summed E-state index contributed by atoms with van der Waals surface area (Å²) in [6.45, 7) is 1.24. The quantitative estimate of drug-likeness (QED) is 0.557. The minimum atomic E-state index is -0.0261. The van der Waals surface area contributed by atoms with Crippen LogP contribution in [0.25, 0.3) is 21.8 Å². The Hall–Kier alpha value is -3.65. The molecule has 2 aromatic carbocycles. The van der Waals surface area contributed by atoms with Gasteiger partial charge in [-0.15, -0.1) is 0 Å². The number of aromatic nitrogens is 3. The lowest BCUT2D eigenvalue weighted by Crippen LogP contribution is -2.41. The first-order valence-corrected chi connectivity index (χ1v) is 9.29. The van der Waals surface area contributed by atoms with E-state index >= 15 is 0 Å². The number of carbonyl (C=O) groups is 1. The molecule has 0 spiro atoms. The summed E-state index contributed by atoms with van der Waals surface area (Å²) in [5.41, 5.74) is 3.31. The highest BCUT2D eigenvalue weighted by Gasteiger charge is 2.20. The summed E-state index contributed by atoms with van der Waals surface area (Å²) in [6.07, 6.45) is 1.86. The standard InChI is InChI=1S/C21H19N5O3/c1-28-15-6-7-18-16(10-15)17-11-22-25-20(17)21(24-18)23-13-2-4-14(5-3-13)26-8-9-29-12-19(26)27/h2-7,10-11H,8-9,12H2,1H3,(H,22,25)(H,23,24). The smallest absolute Gasteiger partial charge is 0.253 e. The van der Waals surface area contributed by atoms with Crippen LogP contribution in [0.3, 0.4) is 0 Å². The van der Waals surface area contributed by atoms with Crippen LogP contribution in [0.15, 0.2) is 48.7 Å². The molecule has 146 valence electrons. The molecule has 29 heavy (non-hydrogen) atoms. The third kappa shape index (κ3) is 3.13. The van der Waals surface area contributed by atoms with Gasteiger partial charge in [-0.05, 0) is 42.5 Å². The number of nitrogens with zero attached hydrogens (tertiary/aromatic N) is 3. The predicted molar refractivity (Wildman–Crippen MR) is 111 cm³/mol. The zero-order valence-corrected chi connectivity index (χ0v) is 15.8. The Balaban J connectivity index is 1.48. The molecule has 0 saturated carbocycles. The van der Waals surface area contributed by atoms with E-state index in [9.17, 15) is 4.79 Å². The number of methoxy groups -OCH3 is 1. The molecule has 0 bridgehead atoms. The number of hydrogen-bond acceptors (Lipinski definition) is 6.